The van der Waals surface area contributed by atoms with Gasteiger partial charge in [0, 0.05) is 29.7 Å². The number of thiophene rings is 1. The molecule has 1 aromatic heterocycles. The number of carbonyl (C=O) groups excluding carboxylic acids is 1. The van der Waals surface area contributed by atoms with Crippen molar-refractivity contribution < 1.29 is 17.9 Å². The van der Waals surface area contributed by atoms with Gasteiger partial charge in [-0.2, -0.15) is 4.31 Å². The molecule has 0 aliphatic carbocycles. The molecule has 1 amide bonds. The fraction of sp³-hybridized carbons (Fsp3) is 0.476. The van der Waals surface area contributed by atoms with Crippen molar-refractivity contribution in [2.75, 3.05) is 44.7 Å². The van der Waals surface area contributed by atoms with Gasteiger partial charge in [-0.15, -0.1) is 11.3 Å². The maximum Gasteiger partial charge on any atom is 0.243 e. The van der Waals surface area contributed by atoms with E-state index in [4.69, 9.17) is 4.74 Å². The average Bonchev–Trinajstić information content (AvgIpc) is 3.42. The Hall–Kier alpha value is -1.78. The molecule has 0 saturated carbocycles. The van der Waals surface area contributed by atoms with Crippen LogP contribution in [0, 0.1) is 6.92 Å². The van der Waals surface area contributed by atoms with Crippen LogP contribution in [0.25, 0.3) is 0 Å². The fourth-order valence-electron chi connectivity index (χ4n) is 4.02. The molecule has 0 unspecified atom stereocenters. The number of nitrogens with one attached hydrogen (secondary N) is 1. The number of hydrogen-bond acceptors (Lipinski definition) is 6. The summed E-state index contributed by atoms with van der Waals surface area (Å²) in [5.74, 6) is -0.123. The molecule has 2 saturated heterocycles. The van der Waals surface area contributed by atoms with Crippen LogP contribution < -0.4 is 5.32 Å². The van der Waals surface area contributed by atoms with E-state index in [1.807, 2.05) is 13.0 Å². The minimum Gasteiger partial charge on any atom is -0.379 e. The predicted octanol–water partition coefficient (Wildman–Crippen LogP) is 2.85. The van der Waals surface area contributed by atoms with Crippen LogP contribution in [0.2, 0.25) is 0 Å². The second-order valence-corrected chi connectivity index (χ2v) is 10.6. The van der Waals surface area contributed by atoms with Crippen LogP contribution in [0.5, 0.6) is 0 Å². The average molecular weight is 450 g/mol. The SMILES string of the molecule is Cc1ccc(S(=O)(=O)N2CCOCC2)cc1NC(=O)CN1CCC[C@H]1c1cccs1. The van der Waals surface area contributed by atoms with Crippen molar-refractivity contribution in [2.24, 2.45) is 0 Å². The molecule has 2 aliphatic heterocycles. The van der Waals surface area contributed by atoms with E-state index in [-0.39, 0.29) is 16.8 Å². The van der Waals surface area contributed by atoms with Crippen LogP contribution >= 0.6 is 11.3 Å². The Balaban J connectivity index is 1.46. The molecule has 4 rings (SSSR count). The van der Waals surface area contributed by atoms with Crippen LogP contribution in [-0.2, 0) is 19.6 Å². The second kappa shape index (κ2) is 9.15. The predicted molar refractivity (Wildman–Crippen MR) is 117 cm³/mol. The first-order valence-corrected chi connectivity index (χ1v) is 12.5. The number of aryl methyl sites for hydroxylation is 1. The number of benzene rings is 1. The summed E-state index contributed by atoms with van der Waals surface area (Å²) in [5.41, 5.74) is 1.38. The monoisotopic (exact) mass is 449 g/mol. The highest BCUT2D eigenvalue weighted by Crippen LogP contribution is 2.34. The van der Waals surface area contributed by atoms with Crippen LogP contribution in [0.1, 0.15) is 29.3 Å². The summed E-state index contributed by atoms with van der Waals surface area (Å²) in [6.07, 6.45) is 2.13. The molecule has 0 radical (unpaired) electrons. The van der Waals surface area contributed by atoms with Gasteiger partial charge in [0.1, 0.15) is 0 Å². The summed E-state index contributed by atoms with van der Waals surface area (Å²) in [4.78, 5) is 16.5. The molecule has 30 heavy (non-hydrogen) atoms. The molecule has 3 heterocycles. The van der Waals surface area contributed by atoms with Crippen molar-refractivity contribution in [1.82, 2.24) is 9.21 Å². The second-order valence-electron chi connectivity index (χ2n) is 7.69. The number of morpholine rings is 1. The third kappa shape index (κ3) is 4.60. The number of sulfonamides is 1. The quantitative estimate of drug-likeness (QED) is 0.734. The van der Waals surface area contributed by atoms with E-state index in [1.165, 1.54) is 9.18 Å². The smallest absolute Gasteiger partial charge is 0.243 e. The van der Waals surface area contributed by atoms with Gasteiger partial charge >= 0.3 is 0 Å². The number of anilines is 1. The van der Waals surface area contributed by atoms with Gasteiger partial charge < -0.3 is 10.1 Å². The van der Waals surface area contributed by atoms with Crippen molar-refractivity contribution in [1.29, 1.82) is 0 Å². The summed E-state index contributed by atoms with van der Waals surface area (Å²) in [6, 6.07) is 9.36. The summed E-state index contributed by atoms with van der Waals surface area (Å²) in [7, 11) is -3.60. The number of rotatable bonds is 6. The number of amides is 1. The molecule has 1 atom stereocenters. The van der Waals surface area contributed by atoms with Gasteiger partial charge in [-0.05, 0) is 55.5 Å². The van der Waals surface area contributed by atoms with Crippen LogP contribution in [-0.4, -0.2) is 62.9 Å². The number of hydrogen-bond donors (Lipinski definition) is 1. The number of likely N-dealkylation sites (tertiary alicyclic amines) is 1. The van der Waals surface area contributed by atoms with Gasteiger partial charge in [-0.3, -0.25) is 9.69 Å². The number of carbonyl (C=O) groups is 1. The number of nitrogens with zero attached hydrogens (tertiary/aromatic N) is 2. The highest BCUT2D eigenvalue weighted by atomic mass is 32.2. The van der Waals surface area contributed by atoms with Crippen LogP contribution in [0.4, 0.5) is 5.69 Å². The molecule has 7 nitrogen and oxygen atoms in total. The zero-order chi connectivity index (χ0) is 21.1. The fourth-order valence-corrected chi connectivity index (χ4v) is 6.36. The standard InChI is InChI=1S/C21H27N3O4S2/c1-16-6-7-17(30(26,27)24-9-11-28-12-10-24)14-18(16)22-21(25)15-23-8-2-4-19(23)20-5-3-13-29-20/h3,5-7,13-14,19H,2,4,8-12,15H2,1H3,(H,22,25)/t19-/m0/s1. The zero-order valence-electron chi connectivity index (χ0n) is 17.0. The molecule has 2 fully saturated rings. The first kappa shape index (κ1) is 21.5. The molecule has 1 aromatic carbocycles. The molecule has 2 aliphatic rings. The maximum absolute atomic E-state index is 12.9. The largest absolute Gasteiger partial charge is 0.379 e. The molecular weight excluding hydrogens is 422 g/mol. The first-order valence-electron chi connectivity index (χ1n) is 10.2. The topological polar surface area (TPSA) is 79.0 Å². The lowest BCUT2D eigenvalue weighted by Crippen LogP contribution is -2.40. The van der Waals surface area contributed by atoms with Gasteiger partial charge in [0.05, 0.1) is 24.7 Å². The van der Waals surface area contributed by atoms with E-state index in [0.29, 0.717) is 38.5 Å². The summed E-state index contributed by atoms with van der Waals surface area (Å²) >= 11 is 1.72. The molecule has 9 heteroatoms. The third-order valence-corrected chi connectivity index (χ3v) is 8.54. The summed E-state index contributed by atoms with van der Waals surface area (Å²) < 4.78 is 32.6. The van der Waals surface area contributed by atoms with Crippen molar-refractivity contribution in [3.8, 4) is 0 Å². The lowest BCUT2D eigenvalue weighted by atomic mass is 10.2. The minimum absolute atomic E-state index is 0.123. The van der Waals surface area contributed by atoms with Gasteiger partial charge in [0.15, 0.2) is 0 Å². The Labute approximate surface area is 181 Å². The third-order valence-electron chi connectivity index (χ3n) is 5.67. The van der Waals surface area contributed by atoms with Gasteiger partial charge in [0.2, 0.25) is 15.9 Å². The zero-order valence-corrected chi connectivity index (χ0v) is 18.7. The summed E-state index contributed by atoms with van der Waals surface area (Å²) in [5, 5.41) is 5.00. The Kier molecular flexibility index (Phi) is 6.54. The van der Waals surface area contributed by atoms with Crippen molar-refractivity contribution in [3.63, 3.8) is 0 Å². The van der Waals surface area contributed by atoms with Crippen molar-refractivity contribution in [2.45, 2.75) is 30.7 Å². The number of ether oxygens (including phenoxy) is 1. The molecule has 0 bridgehead atoms. The van der Waals surface area contributed by atoms with E-state index in [0.717, 1.165) is 24.9 Å². The minimum atomic E-state index is -3.60. The maximum atomic E-state index is 12.9. The first-order chi connectivity index (χ1) is 14.4. The molecule has 1 N–H and O–H groups in total. The van der Waals surface area contributed by atoms with Gasteiger partial charge in [-0.25, -0.2) is 8.42 Å². The van der Waals surface area contributed by atoms with Gasteiger partial charge in [0.25, 0.3) is 0 Å². The molecule has 162 valence electrons. The normalized spacial score (nSPS) is 21.0. The Bertz CT molecular complexity index is 986. The highest BCUT2D eigenvalue weighted by molar-refractivity contribution is 7.89. The van der Waals surface area contributed by atoms with E-state index in [1.54, 1.807) is 29.5 Å². The molecule has 0 spiro atoms. The van der Waals surface area contributed by atoms with Crippen LogP contribution in [0.15, 0.2) is 40.6 Å². The Morgan fingerprint density at radius 2 is 2.03 bits per heavy atom. The van der Waals surface area contributed by atoms with E-state index < -0.39 is 10.0 Å². The lowest BCUT2D eigenvalue weighted by Gasteiger charge is -2.26. The lowest BCUT2D eigenvalue weighted by molar-refractivity contribution is -0.117. The van der Waals surface area contributed by atoms with E-state index >= 15 is 0 Å². The Morgan fingerprint density at radius 3 is 2.77 bits per heavy atom. The van der Waals surface area contributed by atoms with Crippen LogP contribution in [0.3, 0.4) is 0 Å². The van der Waals surface area contributed by atoms with E-state index in [9.17, 15) is 13.2 Å². The van der Waals surface area contributed by atoms with E-state index in [2.05, 4.69) is 21.7 Å². The highest BCUT2D eigenvalue weighted by Gasteiger charge is 2.29. The van der Waals surface area contributed by atoms with Gasteiger partial charge in [-0.1, -0.05) is 12.1 Å². The Morgan fingerprint density at radius 1 is 1.23 bits per heavy atom. The van der Waals surface area contributed by atoms with Crippen molar-refractivity contribution >= 4 is 33.0 Å². The van der Waals surface area contributed by atoms with Crippen molar-refractivity contribution in [3.05, 3.63) is 46.2 Å². The summed E-state index contributed by atoms with van der Waals surface area (Å²) in [6.45, 7) is 4.54. The molecule has 2 aromatic rings. The molecular formula is C21H27N3O4S2.